The van der Waals surface area contributed by atoms with Crippen LogP contribution in [0.1, 0.15) is 29.9 Å². The van der Waals surface area contributed by atoms with Crippen LogP contribution >= 0.6 is 0 Å². The first-order valence-electron chi connectivity index (χ1n) is 12.4. The van der Waals surface area contributed by atoms with Crippen molar-refractivity contribution in [3.8, 4) is 23.0 Å². The number of methoxy groups -OCH3 is 3. The number of phenols is 1. The molecule has 2 aromatic carbocycles. The second kappa shape index (κ2) is 9.97. The zero-order valence-corrected chi connectivity index (χ0v) is 14.5. The van der Waals surface area contributed by atoms with Crippen molar-refractivity contribution >= 4 is 23.7 Å². The lowest BCUT2D eigenvalue weighted by molar-refractivity contribution is -0.121. The van der Waals surface area contributed by atoms with E-state index < -0.39 is 44.9 Å². The second-order valence-electron chi connectivity index (χ2n) is 5.52. The molecule has 0 aliphatic rings. The summed E-state index contributed by atoms with van der Waals surface area (Å²) in [5, 5.41) is 9.70. The van der Waals surface area contributed by atoms with Crippen LogP contribution in [-0.4, -0.2) is 37.8 Å². The molecule has 0 spiro atoms. The first-order chi connectivity index (χ1) is 16.9. The van der Waals surface area contributed by atoms with Crippen LogP contribution in [0.2, 0.25) is 0 Å². The van der Waals surface area contributed by atoms with Gasteiger partial charge in [-0.1, -0.05) is 24.3 Å². The maximum Gasteiger partial charge on any atom is 0.163 e. The highest BCUT2D eigenvalue weighted by Crippen LogP contribution is 2.28. The lowest BCUT2D eigenvalue weighted by Gasteiger charge is -2.07. The van der Waals surface area contributed by atoms with E-state index in [2.05, 4.69) is 4.74 Å². The summed E-state index contributed by atoms with van der Waals surface area (Å²) < 4.78 is 78.7. The molecule has 6 nitrogen and oxygen atoms in total. The Morgan fingerprint density at radius 1 is 0.857 bits per heavy atom. The van der Waals surface area contributed by atoms with Crippen LogP contribution < -0.4 is 14.2 Å². The van der Waals surface area contributed by atoms with Crippen LogP contribution in [-0.2, 0) is 9.59 Å². The van der Waals surface area contributed by atoms with Gasteiger partial charge in [-0.15, -0.1) is 0 Å². The largest absolute Gasteiger partial charge is 0.504 e. The van der Waals surface area contributed by atoms with Crippen LogP contribution in [0.15, 0.2) is 48.6 Å². The molecule has 1 N–H and O–H groups in total. The number of hydrogen-bond donors (Lipinski definition) is 1. The maximum absolute atomic E-state index is 12.2. The summed E-state index contributed by atoms with van der Waals surface area (Å²) in [6, 6.07) is 7.52. The van der Waals surface area contributed by atoms with Crippen LogP contribution in [0.25, 0.3) is 12.2 Å². The smallest absolute Gasteiger partial charge is 0.163 e. The summed E-state index contributed by atoms with van der Waals surface area (Å²) in [4.78, 5) is 24.3. The van der Waals surface area contributed by atoms with Crippen molar-refractivity contribution in [1.29, 1.82) is 0 Å². The molecule has 6 heteroatoms. The molecule has 2 aromatic rings. The molecule has 0 saturated heterocycles. The number of aromatic hydroxyl groups is 1. The second-order valence-corrected chi connectivity index (χ2v) is 5.52. The highest BCUT2D eigenvalue weighted by atomic mass is 16.5. The van der Waals surface area contributed by atoms with Crippen molar-refractivity contribution in [3.05, 3.63) is 59.7 Å². The van der Waals surface area contributed by atoms with Gasteiger partial charge in [-0.25, -0.2) is 0 Å². The number of ketones is 2. The van der Waals surface area contributed by atoms with Gasteiger partial charge < -0.3 is 19.3 Å². The SMILES string of the molecule is [2H]C([2H])([2H])Oc1cc(/C=C/C(=O)CC(=O)/C=C/c2ccc(OC([2H])([2H])[2H])c(OC([2H])([2H])[2H])c2)ccc1O. The minimum absolute atomic E-state index is 0.277. The van der Waals surface area contributed by atoms with E-state index in [1.165, 1.54) is 48.6 Å². The first kappa shape index (κ1) is 11.3. The van der Waals surface area contributed by atoms with Crippen molar-refractivity contribution in [1.82, 2.24) is 0 Å². The van der Waals surface area contributed by atoms with E-state index in [0.717, 1.165) is 12.2 Å². The number of rotatable bonds is 9. The van der Waals surface area contributed by atoms with Crippen LogP contribution in [0.4, 0.5) is 0 Å². The number of carbonyl (C=O) groups is 2. The quantitative estimate of drug-likeness (QED) is 0.519. The first-order valence-corrected chi connectivity index (χ1v) is 7.86. The molecule has 0 fully saturated rings. The summed E-state index contributed by atoms with van der Waals surface area (Å²) in [6.45, 7) is 0. The van der Waals surface area contributed by atoms with Gasteiger partial charge in [0, 0.05) is 0 Å². The Hall–Kier alpha value is -3.54. The monoisotopic (exact) mass is 391 g/mol. The number of phenolic OH excluding ortho intramolecular Hbond substituents is 1. The average Bonchev–Trinajstić information content (AvgIpc) is 2.71. The van der Waals surface area contributed by atoms with Crippen molar-refractivity contribution in [2.45, 2.75) is 6.42 Å². The lowest BCUT2D eigenvalue weighted by atomic mass is 10.1. The van der Waals surface area contributed by atoms with E-state index in [4.69, 9.17) is 21.8 Å². The average molecular weight is 391 g/mol. The van der Waals surface area contributed by atoms with Crippen molar-refractivity contribution in [2.24, 2.45) is 0 Å². The molecule has 0 aliphatic carbocycles. The third-order valence-corrected chi connectivity index (χ3v) is 3.55. The molecule has 28 heavy (non-hydrogen) atoms. The van der Waals surface area contributed by atoms with Crippen LogP contribution in [0.5, 0.6) is 23.0 Å². The molecule has 0 radical (unpaired) electrons. The predicted molar refractivity (Wildman–Crippen MR) is 107 cm³/mol. The molecule has 2 rings (SSSR count). The summed E-state index contributed by atoms with van der Waals surface area (Å²) in [6.07, 6.45) is 4.26. The standard InChI is InChI=1S/C22H22O6/c1-26-20-11-7-16(13-22(20)28-3)5-9-18(24)14-17(23)8-4-15-6-10-19(25)21(12-15)27-2/h4-13,25H,14H2,1-3H3/b8-4+,9-5+/i1D3,2D3,3D3. The molecular weight excluding hydrogens is 360 g/mol. The minimum Gasteiger partial charge on any atom is -0.504 e. The van der Waals surface area contributed by atoms with Gasteiger partial charge in [-0.05, 0) is 47.5 Å². The van der Waals surface area contributed by atoms with Gasteiger partial charge in [0.15, 0.2) is 34.6 Å². The Kier molecular flexibility index (Phi) is 4.03. The minimum atomic E-state index is -2.89. The Morgan fingerprint density at radius 3 is 2.04 bits per heavy atom. The maximum atomic E-state index is 12.2. The Bertz CT molecular complexity index is 1190. The summed E-state index contributed by atoms with van der Waals surface area (Å²) in [5.74, 6) is -2.57. The summed E-state index contributed by atoms with van der Waals surface area (Å²) in [7, 11) is -8.52. The van der Waals surface area contributed by atoms with E-state index in [1.54, 1.807) is 0 Å². The zero-order chi connectivity index (χ0) is 28.0. The van der Waals surface area contributed by atoms with E-state index in [1.807, 2.05) is 0 Å². The van der Waals surface area contributed by atoms with Crippen molar-refractivity contribution in [3.63, 3.8) is 0 Å². The van der Waals surface area contributed by atoms with Crippen LogP contribution in [0.3, 0.4) is 0 Å². The normalized spacial score (nSPS) is 17.1. The van der Waals surface area contributed by atoms with E-state index >= 15 is 0 Å². The van der Waals surface area contributed by atoms with Gasteiger partial charge in [0.2, 0.25) is 0 Å². The van der Waals surface area contributed by atoms with Gasteiger partial charge in [0.05, 0.1) is 39.9 Å². The molecule has 0 heterocycles. The van der Waals surface area contributed by atoms with Gasteiger partial charge in [-0.2, -0.15) is 0 Å². The molecule has 0 saturated carbocycles. The van der Waals surface area contributed by atoms with Crippen molar-refractivity contribution in [2.75, 3.05) is 21.1 Å². The molecule has 0 aromatic heterocycles. The number of benzene rings is 2. The third kappa shape index (κ3) is 5.74. The molecule has 0 unspecified atom stereocenters. The summed E-state index contributed by atoms with van der Waals surface area (Å²) >= 11 is 0. The molecule has 0 atom stereocenters. The fraction of sp³-hybridized carbons (Fsp3) is 0.182. The number of hydrogen-bond acceptors (Lipinski definition) is 6. The molecular formula is C22H22O6. The lowest BCUT2D eigenvalue weighted by Crippen LogP contribution is -2.01. The Balaban J connectivity index is 2.08. The van der Waals surface area contributed by atoms with E-state index in [0.29, 0.717) is 5.56 Å². The van der Waals surface area contributed by atoms with Gasteiger partial charge in [0.25, 0.3) is 0 Å². The Morgan fingerprint density at radius 2 is 1.39 bits per heavy atom. The predicted octanol–water partition coefficient (Wildman–Crippen LogP) is 3.67. The zero-order valence-electron chi connectivity index (χ0n) is 23.5. The Labute approximate surface area is 176 Å². The third-order valence-electron chi connectivity index (χ3n) is 3.55. The molecule has 0 bridgehead atoms. The highest BCUT2D eigenvalue weighted by molar-refractivity contribution is 6.10. The molecule has 0 amide bonds. The highest BCUT2D eigenvalue weighted by Gasteiger charge is 2.06. The van der Waals surface area contributed by atoms with E-state index in [9.17, 15) is 14.7 Å². The molecule has 0 aliphatic heterocycles. The van der Waals surface area contributed by atoms with Gasteiger partial charge in [0.1, 0.15) is 0 Å². The fourth-order valence-electron chi connectivity index (χ4n) is 2.18. The number of carbonyl (C=O) groups excluding carboxylic acids is 2. The van der Waals surface area contributed by atoms with Crippen molar-refractivity contribution < 1.29 is 41.2 Å². The van der Waals surface area contributed by atoms with Gasteiger partial charge in [-0.3, -0.25) is 9.59 Å². The van der Waals surface area contributed by atoms with Gasteiger partial charge >= 0.3 is 0 Å². The molecule has 146 valence electrons. The topological polar surface area (TPSA) is 82.1 Å². The number of ether oxygens (including phenoxy) is 3. The summed E-state index contributed by atoms with van der Waals surface area (Å²) in [5.41, 5.74) is 0.619. The van der Waals surface area contributed by atoms with E-state index in [-0.39, 0.29) is 22.8 Å². The number of allylic oxidation sites excluding steroid dienone is 2. The van der Waals surface area contributed by atoms with Crippen LogP contribution in [0, 0.1) is 0 Å². The fourth-order valence-corrected chi connectivity index (χ4v) is 2.18.